The van der Waals surface area contributed by atoms with E-state index < -0.39 is 0 Å². The molecule has 0 bridgehead atoms. The normalized spacial score (nSPS) is 18.9. The summed E-state index contributed by atoms with van der Waals surface area (Å²) in [6.45, 7) is 6.17. The number of nitrogens with two attached hydrogens (primary N) is 1. The van der Waals surface area contributed by atoms with Crippen LogP contribution in [0.25, 0.3) is 0 Å². The minimum Gasteiger partial charge on any atom is -0.420 e. The van der Waals surface area contributed by atoms with Gasteiger partial charge in [0.1, 0.15) is 6.07 Å². The Labute approximate surface area is 100 Å². The van der Waals surface area contributed by atoms with Gasteiger partial charge in [-0.15, -0.1) is 5.10 Å². The van der Waals surface area contributed by atoms with Crippen molar-refractivity contribution in [1.82, 2.24) is 10.2 Å². The molecule has 1 aliphatic heterocycles. The van der Waals surface area contributed by atoms with Crippen molar-refractivity contribution in [1.29, 1.82) is 5.26 Å². The van der Waals surface area contributed by atoms with Gasteiger partial charge in [-0.25, -0.2) is 0 Å². The maximum atomic E-state index is 9.21. The number of fused-ring (bicyclic) bond motifs is 1. The topological polar surface area (TPSA) is 87.7 Å². The molecular formula is C12H16N4O. The van der Waals surface area contributed by atoms with Crippen molar-refractivity contribution in [3.63, 3.8) is 0 Å². The summed E-state index contributed by atoms with van der Waals surface area (Å²) in [7, 11) is 0. The molecule has 1 aromatic rings. The van der Waals surface area contributed by atoms with Gasteiger partial charge in [-0.05, 0) is 12.3 Å². The third-order valence-electron chi connectivity index (χ3n) is 3.08. The molecule has 1 atom stereocenters. The van der Waals surface area contributed by atoms with Gasteiger partial charge in [0.05, 0.1) is 5.57 Å². The molecule has 0 radical (unpaired) electrons. The van der Waals surface area contributed by atoms with Crippen LogP contribution in [0, 0.1) is 17.2 Å². The fraction of sp³-hybridized carbons (Fsp3) is 0.500. The molecule has 2 heterocycles. The number of rotatable bonds is 2. The van der Waals surface area contributed by atoms with Crippen molar-refractivity contribution in [2.45, 2.75) is 33.1 Å². The minimum atomic E-state index is -0.0301. The van der Waals surface area contributed by atoms with Crippen LogP contribution in [0.2, 0.25) is 0 Å². The first kappa shape index (κ1) is 11.5. The zero-order valence-electron chi connectivity index (χ0n) is 10.2. The molecule has 0 saturated heterocycles. The van der Waals surface area contributed by atoms with Crippen LogP contribution in [0.15, 0.2) is 11.5 Å². The van der Waals surface area contributed by atoms with E-state index in [-0.39, 0.29) is 17.7 Å². The van der Waals surface area contributed by atoms with Crippen LogP contribution < -0.4 is 10.5 Å². The molecule has 0 aliphatic carbocycles. The summed E-state index contributed by atoms with van der Waals surface area (Å²) in [6.07, 6.45) is 0.827. The predicted octanol–water partition coefficient (Wildman–Crippen LogP) is 1.80. The first-order chi connectivity index (χ1) is 8.10. The Balaban J connectivity index is 2.60. The Morgan fingerprint density at radius 3 is 2.82 bits per heavy atom. The second-order valence-electron chi connectivity index (χ2n) is 4.49. The van der Waals surface area contributed by atoms with Crippen molar-refractivity contribution in [2.24, 2.45) is 11.7 Å². The molecule has 0 unspecified atom stereocenters. The monoisotopic (exact) mass is 232 g/mol. The highest BCUT2D eigenvalue weighted by molar-refractivity contribution is 5.49. The third kappa shape index (κ3) is 1.66. The van der Waals surface area contributed by atoms with Gasteiger partial charge in [0.15, 0.2) is 0 Å². The summed E-state index contributed by atoms with van der Waals surface area (Å²) in [5.74, 6) is 0.927. The molecule has 5 nitrogen and oxygen atoms in total. The predicted molar refractivity (Wildman–Crippen MR) is 63.0 cm³/mol. The number of nitrogens with zero attached hydrogens (tertiary/aromatic N) is 2. The lowest BCUT2D eigenvalue weighted by molar-refractivity contribution is 0.360. The van der Waals surface area contributed by atoms with Gasteiger partial charge < -0.3 is 10.5 Å². The minimum absolute atomic E-state index is 0.0301. The smallest absolute Gasteiger partial charge is 0.243 e. The fourth-order valence-corrected chi connectivity index (χ4v) is 2.28. The Hall–Kier alpha value is -1.96. The lowest BCUT2D eigenvalue weighted by Crippen LogP contribution is -2.23. The van der Waals surface area contributed by atoms with E-state index in [1.165, 1.54) is 0 Å². The van der Waals surface area contributed by atoms with E-state index in [0.717, 1.165) is 17.7 Å². The standard InChI is InChI=1S/C12H16N4O/c1-4-8-10-9(6(2)3)7(5-13)11(14)17-12(10)16-15-8/h6,9H,4,14H2,1-3H3,(H,15,16)/t9-/m0/s1. The number of nitrogens with one attached hydrogen (secondary N) is 1. The van der Waals surface area contributed by atoms with E-state index >= 15 is 0 Å². The van der Waals surface area contributed by atoms with E-state index in [4.69, 9.17) is 10.5 Å². The molecule has 17 heavy (non-hydrogen) atoms. The van der Waals surface area contributed by atoms with Crippen molar-refractivity contribution >= 4 is 0 Å². The highest BCUT2D eigenvalue weighted by Gasteiger charge is 2.35. The Bertz CT molecular complexity index is 507. The number of allylic oxidation sites excluding steroid dienone is 1. The Morgan fingerprint density at radius 1 is 1.59 bits per heavy atom. The van der Waals surface area contributed by atoms with E-state index in [1.807, 2.05) is 6.92 Å². The molecule has 3 N–H and O–H groups in total. The number of H-pyrrole nitrogens is 1. The summed E-state index contributed by atoms with van der Waals surface area (Å²) < 4.78 is 5.39. The molecule has 0 fully saturated rings. The molecule has 0 aromatic carbocycles. The molecule has 0 saturated carbocycles. The fourth-order valence-electron chi connectivity index (χ4n) is 2.28. The number of aryl methyl sites for hydroxylation is 1. The first-order valence-electron chi connectivity index (χ1n) is 5.74. The quantitative estimate of drug-likeness (QED) is 0.813. The van der Waals surface area contributed by atoms with Gasteiger partial charge in [-0.2, -0.15) is 5.26 Å². The van der Waals surface area contributed by atoms with Crippen LogP contribution in [-0.4, -0.2) is 10.2 Å². The van der Waals surface area contributed by atoms with Crippen LogP contribution in [0.4, 0.5) is 0 Å². The molecule has 0 spiro atoms. The van der Waals surface area contributed by atoms with E-state index in [2.05, 4.69) is 30.1 Å². The number of nitriles is 1. The molecule has 90 valence electrons. The van der Waals surface area contributed by atoms with Crippen LogP contribution in [0.3, 0.4) is 0 Å². The van der Waals surface area contributed by atoms with Crippen molar-refractivity contribution < 1.29 is 4.74 Å². The largest absolute Gasteiger partial charge is 0.420 e. The summed E-state index contributed by atoms with van der Waals surface area (Å²) in [6, 6.07) is 2.16. The average Bonchev–Trinajstić information content (AvgIpc) is 2.69. The highest BCUT2D eigenvalue weighted by atomic mass is 16.5. The molecule has 5 heteroatoms. The SMILES string of the molecule is CCc1[nH]nc2c1[C@@H](C(C)C)C(C#N)=C(N)O2. The molecule has 0 amide bonds. The second kappa shape index (κ2) is 4.13. The maximum Gasteiger partial charge on any atom is 0.243 e. The van der Waals surface area contributed by atoms with Crippen molar-refractivity contribution in [3.8, 4) is 11.9 Å². The van der Waals surface area contributed by atoms with E-state index in [0.29, 0.717) is 11.5 Å². The van der Waals surface area contributed by atoms with Crippen molar-refractivity contribution in [2.75, 3.05) is 0 Å². The molecule has 2 rings (SSSR count). The van der Waals surface area contributed by atoms with Gasteiger partial charge >= 0.3 is 0 Å². The Kier molecular flexibility index (Phi) is 2.80. The number of aromatic nitrogens is 2. The van der Waals surface area contributed by atoms with Gasteiger partial charge in [0.25, 0.3) is 0 Å². The van der Waals surface area contributed by atoms with Gasteiger partial charge in [-0.3, -0.25) is 5.10 Å². The van der Waals surface area contributed by atoms with Crippen molar-refractivity contribution in [3.05, 3.63) is 22.7 Å². The van der Waals surface area contributed by atoms with Gasteiger partial charge in [0.2, 0.25) is 11.8 Å². The maximum absolute atomic E-state index is 9.21. The number of hydrogen-bond acceptors (Lipinski definition) is 4. The third-order valence-corrected chi connectivity index (χ3v) is 3.08. The zero-order chi connectivity index (χ0) is 12.6. The Morgan fingerprint density at radius 2 is 2.29 bits per heavy atom. The molecular weight excluding hydrogens is 216 g/mol. The molecule has 1 aliphatic rings. The summed E-state index contributed by atoms with van der Waals surface area (Å²) in [4.78, 5) is 0. The van der Waals surface area contributed by atoms with E-state index in [9.17, 15) is 5.26 Å². The highest BCUT2D eigenvalue weighted by Crippen LogP contribution is 2.42. The summed E-state index contributed by atoms with van der Waals surface area (Å²) >= 11 is 0. The van der Waals surface area contributed by atoms with E-state index in [1.54, 1.807) is 0 Å². The number of ether oxygens (including phenoxy) is 1. The summed E-state index contributed by atoms with van der Waals surface area (Å²) in [5, 5.41) is 16.3. The second-order valence-corrected chi connectivity index (χ2v) is 4.49. The average molecular weight is 232 g/mol. The first-order valence-corrected chi connectivity index (χ1v) is 5.74. The van der Waals surface area contributed by atoms with Crippen LogP contribution in [-0.2, 0) is 6.42 Å². The van der Waals surface area contributed by atoms with Crippen LogP contribution in [0.5, 0.6) is 5.88 Å². The lowest BCUT2D eigenvalue weighted by atomic mass is 9.81. The molecule has 1 aromatic heterocycles. The number of hydrogen-bond donors (Lipinski definition) is 2. The van der Waals surface area contributed by atoms with Crippen LogP contribution in [0.1, 0.15) is 37.9 Å². The van der Waals surface area contributed by atoms with Gasteiger partial charge in [-0.1, -0.05) is 20.8 Å². The zero-order valence-corrected chi connectivity index (χ0v) is 10.2. The van der Waals surface area contributed by atoms with Crippen LogP contribution >= 0.6 is 0 Å². The van der Waals surface area contributed by atoms with Gasteiger partial charge in [0, 0.05) is 17.2 Å². The number of aromatic amines is 1. The lowest BCUT2D eigenvalue weighted by Gasteiger charge is -2.26. The summed E-state index contributed by atoms with van der Waals surface area (Å²) in [5.41, 5.74) is 8.26.